The molecule has 0 saturated heterocycles. The van der Waals surface area contributed by atoms with Gasteiger partial charge in [0, 0.05) is 21.2 Å². The minimum Gasteiger partial charge on any atom is -0.323 e. The minimum absolute atomic E-state index is 0.0410. The normalized spacial score (nSPS) is 12.8. The van der Waals surface area contributed by atoms with Crippen LogP contribution in [0.15, 0.2) is 21.2 Å². The Kier molecular flexibility index (Phi) is 6.54. The first-order chi connectivity index (χ1) is 7.65. The van der Waals surface area contributed by atoms with Crippen LogP contribution in [0.5, 0.6) is 0 Å². The molecule has 0 radical (unpaired) electrons. The average Bonchev–Trinajstić information content (AvgIpc) is 2.24. The molecule has 1 heterocycles. The first-order valence-electron chi connectivity index (χ1n) is 5.71. The third kappa shape index (κ3) is 4.52. The summed E-state index contributed by atoms with van der Waals surface area (Å²) in [7, 11) is 0. The summed E-state index contributed by atoms with van der Waals surface area (Å²) in [5, 5.41) is 0. The topological polar surface area (TPSA) is 38.9 Å². The van der Waals surface area contributed by atoms with Gasteiger partial charge in [0.25, 0.3) is 0 Å². The molecule has 4 heteroatoms. The van der Waals surface area contributed by atoms with Crippen molar-refractivity contribution >= 4 is 31.9 Å². The van der Waals surface area contributed by atoms with Crippen LogP contribution in [0, 0.1) is 0 Å². The largest absolute Gasteiger partial charge is 0.323 e. The Hall–Kier alpha value is 0.0700. The molecule has 1 aromatic heterocycles. The van der Waals surface area contributed by atoms with Crippen molar-refractivity contribution in [3.8, 4) is 0 Å². The standard InChI is InChI=1S/C12H18Br2N2/c1-2-3-4-5-6-11(15)12-10(14)7-9(13)8-16-12/h7-8,11H,2-6,15H2,1H3. The fourth-order valence-corrected chi connectivity index (χ4v) is 2.91. The molecule has 2 N–H and O–H groups in total. The Labute approximate surface area is 114 Å². The molecule has 90 valence electrons. The maximum atomic E-state index is 6.12. The van der Waals surface area contributed by atoms with Crippen molar-refractivity contribution in [3.05, 3.63) is 26.9 Å². The molecule has 1 rings (SSSR count). The fourth-order valence-electron chi connectivity index (χ4n) is 1.63. The van der Waals surface area contributed by atoms with Gasteiger partial charge in [0.15, 0.2) is 0 Å². The molecule has 0 fully saturated rings. The highest BCUT2D eigenvalue weighted by atomic mass is 79.9. The van der Waals surface area contributed by atoms with Gasteiger partial charge in [-0.05, 0) is 44.3 Å². The maximum Gasteiger partial charge on any atom is 0.0713 e. The number of pyridine rings is 1. The van der Waals surface area contributed by atoms with Crippen LogP contribution in [0.1, 0.15) is 50.8 Å². The summed E-state index contributed by atoms with van der Waals surface area (Å²) in [5.41, 5.74) is 7.08. The van der Waals surface area contributed by atoms with Crippen molar-refractivity contribution in [2.24, 2.45) is 5.73 Å². The average molecular weight is 350 g/mol. The Morgan fingerprint density at radius 3 is 2.69 bits per heavy atom. The van der Waals surface area contributed by atoms with Crippen LogP contribution < -0.4 is 5.73 Å². The molecule has 1 unspecified atom stereocenters. The summed E-state index contributed by atoms with van der Waals surface area (Å²) in [4.78, 5) is 4.36. The maximum absolute atomic E-state index is 6.12. The molecule has 0 saturated carbocycles. The minimum atomic E-state index is 0.0410. The van der Waals surface area contributed by atoms with Crippen LogP contribution in [0.4, 0.5) is 0 Å². The Morgan fingerprint density at radius 2 is 2.06 bits per heavy atom. The number of halogens is 2. The highest BCUT2D eigenvalue weighted by Crippen LogP contribution is 2.26. The van der Waals surface area contributed by atoms with E-state index in [0.717, 1.165) is 21.1 Å². The number of aromatic nitrogens is 1. The van der Waals surface area contributed by atoms with Crippen LogP contribution in [0.3, 0.4) is 0 Å². The number of rotatable bonds is 6. The van der Waals surface area contributed by atoms with Crippen molar-refractivity contribution in [2.75, 3.05) is 0 Å². The van der Waals surface area contributed by atoms with E-state index in [4.69, 9.17) is 5.73 Å². The first kappa shape index (κ1) is 14.1. The smallest absolute Gasteiger partial charge is 0.0713 e. The number of hydrogen-bond donors (Lipinski definition) is 1. The highest BCUT2D eigenvalue weighted by molar-refractivity contribution is 9.11. The molecule has 0 aromatic carbocycles. The lowest BCUT2D eigenvalue weighted by atomic mass is 10.1. The van der Waals surface area contributed by atoms with E-state index in [9.17, 15) is 0 Å². The van der Waals surface area contributed by atoms with E-state index >= 15 is 0 Å². The van der Waals surface area contributed by atoms with E-state index in [1.807, 2.05) is 6.07 Å². The van der Waals surface area contributed by atoms with Gasteiger partial charge in [-0.3, -0.25) is 4.98 Å². The monoisotopic (exact) mass is 348 g/mol. The van der Waals surface area contributed by atoms with Crippen molar-refractivity contribution < 1.29 is 0 Å². The summed E-state index contributed by atoms with van der Waals surface area (Å²) in [6.45, 7) is 2.22. The predicted molar refractivity (Wildman–Crippen MR) is 75.3 cm³/mol. The zero-order chi connectivity index (χ0) is 12.0. The molecule has 0 spiro atoms. The summed E-state index contributed by atoms with van der Waals surface area (Å²) >= 11 is 6.88. The number of unbranched alkanes of at least 4 members (excludes halogenated alkanes) is 3. The molecule has 0 aliphatic rings. The zero-order valence-corrected chi connectivity index (χ0v) is 12.7. The van der Waals surface area contributed by atoms with Gasteiger partial charge in [-0.2, -0.15) is 0 Å². The van der Waals surface area contributed by atoms with Crippen LogP contribution in [0.2, 0.25) is 0 Å². The molecule has 1 atom stereocenters. The van der Waals surface area contributed by atoms with Gasteiger partial charge in [0.1, 0.15) is 0 Å². The van der Waals surface area contributed by atoms with Crippen molar-refractivity contribution in [2.45, 2.75) is 45.1 Å². The molecule has 0 aliphatic heterocycles. The van der Waals surface area contributed by atoms with Crippen molar-refractivity contribution in [3.63, 3.8) is 0 Å². The summed E-state index contributed by atoms with van der Waals surface area (Å²) in [5.74, 6) is 0. The molecule has 2 nitrogen and oxygen atoms in total. The second-order valence-electron chi connectivity index (χ2n) is 3.98. The first-order valence-corrected chi connectivity index (χ1v) is 7.30. The van der Waals surface area contributed by atoms with Gasteiger partial charge in [-0.15, -0.1) is 0 Å². The van der Waals surface area contributed by atoms with Crippen LogP contribution in [-0.4, -0.2) is 4.98 Å². The second kappa shape index (κ2) is 7.41. The number of nitrogens with zero attached hydrogens (tertiary/aromatic N) is 1. The lowest BCUT2D eigenvalue weighted by Gasteiger charge is -2.12. The third-order valence-electron chi connectivity index (χ3n) is 2.56. The molecule has 16 heavy (non-hydrogen) atoms. The van der Waals surface area contributed by atoms with Gasteiger partial charge in [0.2, 0.25) is 0 Å². The number of hydrogen-bond acceptors (Lipinski definition) is 2. The Balaban J connectivity index is 2.49. The van der Waals surface area contributed by atoms with E-state index in [-0.39, 0.29) is 6.04 Å². The Bertz CT molecular complexity index is 329. The van der Waals surface area contributed by atoms with Gasteiger partial charge >= 0.3 is 0 Å². The molecule has 0 amide bonds. The molecule has 0 bridgehead atoms. The fraction of sp³-hybridized carbons (Fsp3) is 0.583. The SMILES string of the molecule is CCCCCCC(N)c1ncc(Br)cc1Br. The lowest BCUT2D eigenvalue weighted by Crippen LogP contribution is -2.12. The van der Waals surface area contributed by atoms with Crippen LogP contribution in [0.25, 0.3) is 0 Å². The van der Waals surface area contributed by atoms with Crippen molar-refractivity contribution in [1.82, 2.24) is 4.98 Å². The zero-order valence-electron chi connectivity index (χ0n) is 9.55. The van der Waals surface area contributed by atoms with E-state index < -0.39 is 0 Å². The van der Waals surface area contributed by atoms with E-state index in [0.29, 0.717) is 0 Å². The molecular weight excluding hydrogens is 332 g/mol. The van der Waals surface area contributed by atoms with Gasteiger partial charge < -0.3 is 5.73 Å². The molecule has 1 aromatic rings. The summed E-state index contributed by atoms with van der Waals surface area (Å²) in [6, 6.07) is 2.04. The van der Waals surface area contributed by atoms with Gasteiger partial charge in [-0.25, -0.2) is 0 Å². The van der Waals surface area contributed by atoms with E-state index in [1.54, 1.807) is 6.20 Å². The van der Waals surface area contributed by atoms with E-state index in [2.05, 4.69) is 43.8 Å². The Morgan fingerprint density at radius 1 is 1.31 bits per heavy atom. The van der Waals surface area contributed by atoms with Crippen molar-refractivity contribution in [1.29, 1.82) is 0 Å². The quantitative estimate of drug-likeness (QED) is 0.763. The number of nitrogens with two attached hydrogens (primary N) is 1. The highest BCUT2D eigenvalue weighted by Gasteiger charge is 2.11. The van der Waals surface area contributed by atoms with Gasteiger partial charge in [0.05, 0.1) is 5.69 Å². The van der Waals surface area contributed by atoms with Crippen LogP contribution in [-0.2, 0) is 0 Å². The second-order valence-corrected chi connectivity index (χ2v) is 5.75. The van der Waals surface area contributed by atoms with E-state index in [1.165, 1.54) is 25.7 Å². The summed E-state index contributed by atoms with van der Waals surface area (Å²) in [6.07, 6.45) is 7.80. The lowest BCUT2D eigenvalue weighted by molar-refractivity contribution is 0.556. The summed E-state index contributed by atoms with van der Waals surface area (Å²) < 4.78 is 1.96. The molecular formula is C12H18Br2N2. The molecule has 0 aliphatic carbocycles. The predicted octanol–water partition coefficient (Wildman–Crippen LogP) is 4.58. The van der Waals surface area contributed by atoms with Crippen LogP contribution >= 0.6 is 31.9 Å². The third-order valence-corrected chi connectivity index (χ3v) is 3.62. The van der Waals surface area contributed by atoms with Gasteiger partial charge in [-0.1, -0.05) is 32.6 Å².